The van der Waals surface area contributed by atoms with Gasteiger partial charge < -0.3 is 16.3 Å². The van der Waals surface area contributed by atoms with Crippen LogP contribution in [0.15, 0.2) is 53.7 Å². The largest absolute Gasteiger partial charge is 0.409 e. The average Bonchev–Trinajstić information content (AvgIpc) is 2.52. The van der Waals surface area contributed by atoms with Gasteiger partial charge in [-0.15, -0.1) is 0 Å². The number of benzene rings is 2. The van der Waals surface area contributed by atoms with Crippen molar-refractivity contribution in [3.05, 3.63) is 71.0 Å². The van der Waals surface area contributed by atoms with Crippen LogP contribution < -0.4 is 11.1 Å². The second kappa shape index (κ2) is 6.85. The zero-order chi connectivity index (χ0) is 15.2. The molecule has 4 nitrogen and oxygen atoms in total. The van der Waals surface area contributed by atoms with Gasteiger partial charge in [-0.05, 0) is 30.2 Å². The lowest BCUT2D eigenvalue weighted by atomic mass is 10.0. The summed E-state index contributed by atoms with van der Waals surface area (Å²) in [5.74, 6) is -0.177. The molecule has 0 aromatic heterocycles. The van der Waals surface area contributed by atoms with E-state index in [-0.39, 0.29) is 17.7 Å². The van der Waals surface area contributed by atoms with Crippen molar-refractivity contribution in [3.63, 3.8) is 0 Å². The van der Waals surface area contributed by atoms with Crippen LogP contribution in [0.25, 0.3) is 0 Å². The third-order valence-corrected chi connectivity index (χ3v) is 3.35. The normalized spacial score (nSPS) is 13.1. The Balaban J connectivity index is 2.10. The third-order valence-electron chi connectivity index (χ3n) is 3.35. The fraction of sp³-hybridized carbons (Fsp3) is 0.188. The molecule has 0 unspecified atom stereocenters. The van der Waals surface area contributed by atoms with E-state index in [1.54, 1.807) is 12.1 Å². The van der Waals surface area contributed by atoms with Crippen molar-refractivity contribution in [2.45, 2.75) is 19.5 Å². The van der Waals surface area contributed by atoms with E-state index in [0.29, 0.717) is 12.1 Å². The summed E-state index contributed by atoms with van der Waals surface area (Å²) in [5.41, 5.74) is 8.12. The summed E-state index contributed by atoms with van der Waals surface area (Å²) in [4.78, 5) is 0. The van der Waals surface area contributed by atoms with E-state index in [1.807, 2.05) is 31.2 Å². The molecule has 0 saturated carbocycles. The molecule has 5 heteroatoms. The van der Waals surface area contributed by atoms with Gasteiger partial charge in [0.05, 0.1) is 0 Å². The fourth-order valence-corrected chi connectivity index (χ4v) is 2.14. The number of halogens is 1. The van der Waals surface area contributed by atoms with Gasteiger partial charge in [0.1, 0.15) is 5.82 Å². The third kappa shape index (κ3) is 3.79. The van der Waals surface area contributed by atoms with E-state index in [0.717, 1.165) is 11.1 Å². The second-order valence-electron chi connectivity index (χ2n) is 4.80. The summed E-state index contributed by atoms with van der Waals surface area (Å²) in [6.07, 6.45) is 0. The first-order valence-corrected chi connectivity index (χ1v) is 6.66. The lowest BCUT2D eigenvalue weighted by Gasteiger charge is -2.16. The topological polar surface area (TPSA) is 70.6 Å². The van der Waals surface area contributed by atoms with Crippen LogP contribution in [-0.4, -0.2) is 11.0 Å². The first-order chi connectivity index (χ1) is 10.1. The molecule has 2 aromatic rings. The van der Waals surface area contributed by atoms with Crippen LogP contribution in [0.2, 0.25) is 0 Å². The molecule has 0 saturated heterocycles. The number of oxime groups is 1. The zero-order valence-electron chi connectivity index (χ0n) is 11.8. The minimum atomic E-state index is -0.252. The SMILES string of the molecule is C[C@H](NCc1ccccc1/C(N)=N/O)c1cccc(F)c1. The molecule has 2 aromatic carbocycles. The Morgan fingerprint density at radius 3 is 2.76 bits per heavy atom. The molecule has 2 rings (SSSR count). The predicted octanol–water partition coefficient (Wildman–Crippen LogP) is 2.77. The van der Waals surface area contributed by atoms with Gasteiger partial charge in [0.15, 0.2) is 5.84 Å². The highest BCUT2D eigenvalue weighted by Gasteiger charge is 2.09. The summed E-state index contributed by atoms with van der Waals surface area (Å²) >= 11 is 0. The monoisotopic (exact) mass is 287 g/mol. The van der Waals surface area contributed by atoms with E-state index in [1.165, 1.54) is 12.1 Å². The highest BCUT2D eigenvalue weighted by atomic mass is 19.1. The predicted molar refractivity (Wildman–Crippen MR) is 80.6 cm³/mol. The van der Waals surface area contributed by atoms with Gasteiger partial charge in [0.25, 0.3) is 0 Å². The Kier molecular flexibility index (Phi) is 4.90. The molecule has 0 bridgehead atoms. The molecule has 1 atom stereocenters. The number of nitrogens with one attached hydrogen (secondary N) is 1. The molecular formula is C16H18FN3O. The van der Waals surface area contributed by atoms with Crippen molar-refractivity contribution in [1.29, 1.82) is 0 Å². The molecule has 0 heterocycles. The molecule has 110 valence electrons. The van der Waals surface area contributed by atoms with Crippen LogP contribution in [0.3, 0.4) is 0 Å². The van der Waals surface area contributed by atoms with Crippen molar-refractivity contribution in [1.82, 2.24) is 5.32 Å². The number of rotatable bonds is 5. The Morgan fingerprint density at radius 1 is 1.29 bits per heavy atom. The van der Waals surface area contributed by atoms with Crippen LogP contribution in [0.5, 0.6) is 0 Å². The number of hydrogen-bond donors (Lipinski definition) is 3. The number of amidine groups is 1. The molecule has 0 fully saturated rings. The van der Waals surface area contributed by atoms with E-state index >= 15 is 0 Å². The van der Waals surface area contributed by atoms with Gasteiger partial charge in [-0.25, -0.2) is 4.39 Å². The van der Waals surface area contributed by atoms with Crippen LogP contribution >= 0.6 is 0 Å². The van der Waals surface area contributed by atoms with Crippen LogP contribution in [-0.2, 0) is 6.54 Å². The molecule has 21 heavy (non-hydrogen) atoms. The molecule has 0 amide bonds. The maximum atomic E-state index is 13.2. The quantitative estimate of drug-likeness (QED) is 0.343. The summed E-state index contributed by atoms with van der Waals surface area (Å²) in [6.45, 7) is 2.49. The maximum absolute atomic E-state index is 13.2. The molecular weight excluding hydrogens is 269 g/mol. The molecule has 0 aliphatic rings. The smallest absolute Gasteiger partial charge is 0.170 e. The first kappa shape index (κ1) is 15.0. The van der Waals surface area contributed by atoms with E-state index in [9.17, 15) is 4.39 Å². The standard InChI is InChI=1S/C16H18FN3O/c1-11(12-6-4-7-14(17)9-12)19-10-13-5-2-3-8-15(13)16(18)20-21/h2-9,11,19,21H,10H2,1H3,(H2,18,20)/t11-/m0/s1. The highest BCUT2D eigenvalue weighted by Crippen LogP contribution is 2.15. The molecule has 4 N–H and O–H groups in total. The number of hydrogen-bond acceptors (Lipinski definition) is 3. The number of nitrogens with two attached hydrogens (primary N) is 1. The van der Waals surface area contributed by atoms with E-state index < -0.39 is 0 Å². The van der Waals surface area contributed by atoms with Crippen LogP contribution in [0.1, 0.15) is 29.7 Å². The van der Waals surface area contributed by atoms with Crippen LogP contribution in [0.4, 0.5) is 4.39 Å². The minimum absolute atomic E-state index is 0.0129. The van der Waals surface area contributed by atoms with Crippen molar-refractivity contribution < 1.29 is 9.60 Å². The minimum Gasteiger partial charge on any atom is -0.409 e. The lowest BCUT2D eigenvalue weighted by Crippen LogP contribution is -2.22. The van der Waals surface area contributed by atoms with E-state index in [2.05, 4.69) is 10.5 Å². The van der Waals surface area contributed by atoms with Gasteiger partial charge >= 0.3 is 0 Å². The summed E-state index contributed by atoms with van der Waals surface area (Å²) in [6, 6.07) is 13.9. The van der Waals surface area contributed by atoms with Gasteiger partial charge in [-0.1, -0.05) is 41.6 Å². The van der Waals surface area contributed by atoms with Crippen molar-refractivity contribution in [2.24, 2.45) is 10.9 Å². The van der Waals surface area contributed by atoms with Gasteiger partial charge in [0.2, 0.25) is 0 Å². The summed E-state index contributed by atoms with van der Waals surface area (Å²) < 4.78 is 13.2. The highest BCUT2D eigenvalue weighted by molar-refractivity contribution is 5.98. The summed E-state index contributed by atoms with van der Waals surface area (Å²) in [7, 11) is 0. The van der Waals surface area contributed by atoms with Crippen molar-refractivity contribution in [3.8, 4) is 0 Å². The summed E-state index contributed by atoms with van der Waals surface area (Å²) in [5, 5.41) is 15.1. The Labute approximate surface area is 123 Å². The van der Waals surface area contributed by atoms with Gasteiger partial charge in [-0.2, -0.15) is 0 Å². The Bertz CT molecular complexity index is 643. The molecule has 0 radical (unpaired) electrons. The van der Waals surface area contributed by atoms with Crippen molar-refractivity contribution >= 4 is 5.84 Å². The van der Waals surface area contributed by atoms with Crippen LogP contribution in [0, 0.1) is 5.82 Å². The Morgan fingerprint density at radius 2 is 2.05 bits per heavy atom. The first-order valence-electron chi connectivity index (χ1n) is 6.66. The maximum Gasteiger partial charge on any atom is 0.170 e. The molecule has 0 aliphatic heterocycles. The number of nitrogens with zero attached hydrogens (tertiary/aromatic N) is 1. The molecule has 0 spiro atoms. The Hall–Kier alpha value is -2.40. The van der Waals surface area contributed by atoms with Crippen molar-refractivity contribution in [2.75, 3.05) is 0 Å². The lowest BCUT2D eigenvalue weighted by molar-refractivity contribution is 0.318. The zero-order valence-corrected chi connectivity index (χ0v) is 11.8. The molecule has 0 aliphatic carbocycles. The van der Waals surface area contributed by atoms with E-state index in [4.69, 9.17) is 10.9 Å². The average molecular weight is 287 g/mol. The van der Waals surface area contributed by atoms with Gasteiger partial charge in [-0.3, -0.25) is 0 Å². The fourth-order valence-electron chi connectivity index (χ4n) is 2.14. The van der Waals surface area contributed by atoms with Gasteiger partial charge in [0, 0.05) is 18.2 Å². The second-order valence-corrected chi connectivity index (χ2v) is 4.80.